The van der Waals surface area contributed by atoms with Gasteiger partial charge in [0, 0.05) is 6.07 Å². The molecule has 0 aromatic heterocycles. The molecular formula is C19H17NO6S. The Morgan fingerprint density at radius 1 is 1.00 bits per heavy atom. The lowest BCUT2D eigenvalue weighted by atomic mass is 10.1. The average molecular weight is 387 g/mol. The van der Waals surface area contributed by atoms with E-state index in [1.807, 2.05) is 0 Å². The van der Waals surface area contributed by atoms with E-state index in [4.69, 9.17) is 14.2 Å². The van der Waals surface area contributed by atoms with E-state index >= 15 is 0 Å². The molecule has 1 saturated heterocycles. The molecule has 1 heterocycles. The number of hydrogen-bond acceptors (Lipinski definition) is 7. The molecule has 8 heteroatoms. The largest absolute Gasteiger partial charge is 0.508 e. The summed E-state index contributed by atoms with van der Waals surface area (Å²) in [5.74, 6) is 0.820. The molecule has 2 aromatic carbocycles. The fourth-order valence-electron chi connectivity index (χ4n) is 2.66. The monoisotopic (exact) mass is 387 g/mol. The van der Waals surface area contributed by atoms with Crippen molar-refractivity contribution >= 4 is 34.7 Å². The van der Waals surface area contributed by atoms with Gasteiger partial charge in [-0.05, 0) is 47.7 Å². The summed E-state index contributed by atoms with van der Waals surface area (Å²) in [5, 5.41) is 9.16. The summed E-state index contributed by atoms with van der Waals surface area (Å²) in [5.41, 5.74) is 0.928. The zero-order chi connectivity index (χ0) is 19.6. The topological polar surface area (TPSA) is 85.3 Å². The van der Waals surface area contributed by atoms with Gasteiger partial charge >= 0.3 is 0 Å². The van der Waals surface area contributed by atoms with Crippen molar-refractivity contribution in [2.24, 2.45) is 0 Å². The first-order valence-electron chi connectivity index (χ1n) is 7.85. The number of ether oxygens (including phenoxy) is 3. The van der Waals surface area contributed by atoms with Gasteiger partial charge in [0.25, 0.3) is 11.1 Å². The second-order valence-corrected chi connectivity index (χ2v) is 6.49. The summed E-state index contributed by atoms with van der Waals surface area (Å²) in [6.45, 7) is 0. The van der Waals surface area contributed by atoms with Crippen molar-refractivity contribution in [3.63, 3.8) is 0 Å². The van der Waals surface area contributed by atoms with E-state index in [1.54, 1.807) is 30.3 Å². The number of carbonyl (C=O) groups excluding carboxylic acids is 2. The summed E-state index contributed by atoms with van der Waals surface area (Å²) in [7, 11) is 4.49. The smallest absolute Gasteiger partial charge is 0.298 e. The number of carbonyl (C=O) groups is 2. The van der Waals surface area contributed by atoms with Crippen molar-refractivity contribution in [3.8, 4) is 23.0 Å². The fourth-order valence-corrected chi connectivity index (χ4v) is 3.50. The lowest BCUT2D eigenvalue weighted by Crippen LogP contribution is -2.27. The highest BCUT2D eigenvalue weighted by molar-refractivity contribution is 8.19. The first-order valence-corrected chi connectivity index (χ1v) is 8.67. The van der Waals surface area contributed by atoms with Crippen LogP contribution in [0, 0.1) is 0 Å². The van der Waals surface area contributed by atoms with Crippen molar-refractivity contribution in [3.05, 3.63) is 46.9 Å². The van der Waals surface area contributed by atoms with Gasteiger partial charge in [-0.2, -0.15) is 0 Å². The number of hydrogen-bond donors (Lipinski definition) is 1. The lowest BCUT2D eigenvalue weighted by molar-refractivity contribution is -0.113. The van der Waals surface area contributed by atoms with Crippen LogP contribution in [0.3, 0.4) is 0 Å². The van der Waals surface area contributed by atoms with E-state index in [0.717, 1.165) is 16.7 Å². The molecule has 1 N–H and O–H groups in total. The minimum atomic E-state index is -0.468. The number of anilines is 1. The SMILES string of the molecule is COc1cc(C=C2SC(=O)N(c3cccc(O)c3)C2=O)cc(OC)c1OC. The summed E-state index contributed by atoms with van der Waals surface area (Å²) >= 11 is 0.818. The number of methoxy groups -OCH3 is 3. The van der Waals surface area contributed by atoms with E-state index < -0.39 is 11.1 Å². The first kappa shape index (κ1) is 18.7. The van der Waals surface area contributed by atoms with Crippen LogP contribution in [0.15, 0.2) is 41.3 Å². The summed E-state index contributed by atoms with van der Waals surface area (Å²) in [6, 6.07) is 9.34. The van der Waals surface area contributed by atoms with Crippen LogP contribution in [0.1, 0.15) is 5.56 Å². The van der Waals surface area contributed by atoms with E-state index in [1.165, 1.54) is 33.5 Å². The van der Waals surface area contributed by atoms with Crippen LogP contribution in [0.25, 0.3) is 6.08 Å². The normalized spacial score (nSPS) is 15.4. The van der Waals surface area contributed by atoms with E-state index in [9.17, 15) is 14.7 Å². The molecule has 2 amide bonds. The number of phenolic OH excluding ortho intramolecular Hbond substituents is 1. The number of imide groups is 1. The Hall–Kier alpha value is -3.13. The van der Waals surface area contributed by atoms with Crippen molar-refractivity contribution < 1.29 is 28.9 Å². The zero-order valence-corrected chi connectivity index (χ0v) is 15.7. The molecule has 0 saturated carbocycles. The van der Waals surface area contributed by atoms with Gasteiger partial charge in [-0.25, -0.2) is 4.90 Å². The Balaban J connectivity index is 1.99. The predicted octanol–water partition coefficient (Wildman–Crippen LogP) is 3.66. The molecule has 0 unspecified atom stereocenters. The van der Waals surface area contributed by atoms with Crippen LogP contribution < -0.4 is 19.1 Å². The summed E-state index contributed by atoms with van der Waals surface area (Å²) < 4.78 is 15.9. The van der Waals surface area contributed by atoms with Gasteiger partial charge in [0.05, 0.1) is 31.9 Å². The third kappa shape index (κ3) is 3.56. The molecule has 1 aliphatic rings. The van der Waals surface area contributed by atoms with E-state index in [2.05, 4.69) is 0 Å². The molecule has 0 spiro atoms. The summed E-state index contributed by atoms with van der Waals surface area (Å²) in [4.78, 5) is 26.3. The third-order valence-corrected chi connectivity index (χ3v) is 4.74. The molecule has 0 aliphatic carbocycles. The van der Waals surface area contributed by atoms with Crippen molar-refractivity contribution in [1.82, 2.24) is 0 Å². The van der Waals surface area contributed by atoms with Gasteiger partial charge < -0.3 is 19.3 Å². The molecule has 0 atom stereocenters. The van der Waals surface area contributed by atoms with Crippen LogP contribution in [-0.4, -0.2) is 37.6 Å². The number of rotatable bonds is 5. The summed E-state index contributed by atoms with van der Waals surface area (Å²) in [6.07, 6.45) is 1.58. The maximum atomic E-state index is 12.7. The number of benzene rings is 2. The average Bonchev–Trinajstić information content (AvgIpc) is 2.94. The van der Waals surface area contributed by atoms with Crippen LogP contribution in [0.4, 0.5) is 10.5 Å². The van der Waals surface area contributed by atoms with Gasteiger partial charge in [-0.3, -0.25) is 9.59 Å². The zero-order valence-electron chi connectivity index (χ0n) is 14.9. The Kier molecular flexibility index (Phi) is 5.27. The highest BCUT2D eigenvalue weighted by atomic mass is 32.2. The maximum absolute atomic E-state index is 12.7. The maximum Gasteiger partial charge on any atom is 0.298 e. The molecular weight excluding hydrogens is 370 g/mol. The Labute approximate surface area is 160 Å². The van der Waals surface area contributed by atoms with E-state index in [0.29, 0.717) is 28.5 Å². The Morgan fingerprint density at radius 2 is 1.67 bits per heavy atom. The standard InChI is InChI=1S/C19H17NO6S/c1-24-14-7-11(8-15(25-2)17(14)26-3)9-16-18(22)20(19(23)27-16)12-5-4-6-13(21)10-12/h4-10,21H,1-3H3. The Bertz CT molecular complexity index is 915. The molecule has 3 rings (SSSR count). The van der Waals surface area contributed by atoms with Crippen LogP contribution >= 0.6 is 11.8 Å². The molecule has 0 bridgehead atoms. The highest BCUT2D eigenvalue weighted by Crippen LogP contribution is 2.41. The van der Waals surface area contributed by atoms with E-state index in [-0.39, 0.29) is 10.7 Å². The second kappa shape index (κ2) is 7.63. The number of thioether (sulfide) groups is 1. The Morgan fingerprint density at radius 3 is 2.22 bits per heavy atom. The third-order valence-electron chi connectivity index (χ3n) is 3.87. The molecule has 27 heavy (non-hydrogen) atoms. The van der Waals surface area contributed by atoms with Gasteiger partial charge in [0.1, 0.15) is 5.75 Å². The highest BCUT2D eigenvalue weighted by Gasteiger charge is 2.36. The number of nitrogens with zero attached hydrogens (tertiary/aromatic N) is 1. The predicted molar refractivity (Wildman–Crippen MR) is 103 cm³/mol. The van der Waals surface area contributed by atoms with Gasteiger partial charge in [0.15, 0.2) is 11.5 Å². The molecule has 7 nitrogen and oxygen atoms in total. The molecule has 140 valence electrons. The fraction of sp³-hybridized carbons (Fsp3) is 0.158. The van der Waals surface area contributed by atoms with Gasteiger partial charge in [0.2, 0.25) is 5.75 Å². The van der Waals surface area contributed by atoms with Gasteiger partial charge in [-0.1, -0.05) is 6.07 Å². The number of amides is 2. The quantitative estimate of drug-likeness (QED) is 0.784. The van der Waals surface area contributed by atoms with Crippen molar-refractivity contribution in [1.29, 1.82) is 0 Å². The second-order valence-electron chi connectivity index (χ2n) is 5.50. The van der Waals surface area contributed by atoms with Crippen LogP contribution in [0.5, 0.6) is 23.0 Å². The molecule has 2 aromatic rings. The molecule has 0 radical (unpaired) electrons. The van der Waals surface area contributed by atoms with Crippen LogP contribution in [-0.2, 0) is 4.79 Å². The van der Waals surface area contributed by atoms with Crippen LogP contribution in [0.2, 0.25) is 0 Å². The first-order chi connectivity index (χ1) is 13.0. The molecule has 1 aliphatic heterocycles. The van der Waals surface area contributed by atoms with Crippen molar-refractivity contribution in [2.75, 3.05) is 26.2 Å². The number of aromatic hydroxyl groups is 1. The lowest BCUT2D eigenvalue weighted by Gasteiger charge is -2.13. The minimum absolute atomic E-state index is 0.0276. The number of phenols is 1. The minimum Gasteiger partial charge on any atom is -0.508 e. The molecule has 1 fully saturated rings. The van der Waals surface area contributed by atoms with Gasteiger partial charge in [-0.15, -0.1) is 0 Å². The van der Waals surface area contributed by atoms with Crippen molar-refractivity contribution in [2.45, 2.75) is 0 Å².